The summed E-state index contributed by atoms with van der Waals surface area (Å²) in [5, 5.41) is 11.7. The second-order valence-electron chi connectivity index (χ2n) is 7.14. The van der Waals surface area contributed by atoms with E-state index in [2.05, 4.69) is 20.6 Å². The number of amides is 1. The van der Waals surface area contributed by atoms with Gasteiger partial charge < -0.3 is 9.26 Å². The first kappa shape index (κ1) is 21.9. The van der Waals surface area contributed by atoms with E-state index in [0.29, 0.717) is 33.7 Å². The molecule has 10 heteroatoms. The summed E-state index contributed by atoms with van der Waals surface area (Å²) in [6.45, 7) is 4.26. The number of hydrogen-bond acceptors (Lipinski definition) is 6. The summed E-state index contributed by atoms with van der Waals surface area (Å²) in [6, 6.07) is 12.9. The summed E-state index contributed by atoms with van der Waals surface area (Å²) in [4.78, 5) is 16.9. The fourth-order valence-electron chi connectivity index (χ4n) is 3.01. The highest BCUT2D eigenvalue weighted by atomic mass is 35.5. The second kappa shape index (κ2) is 9.42. The van der Waals surface area contributed by atoms with Gasteiger partial charge in [-0.1, -0.05) is 46.6 Å². The maximum atomic E-state index is 12.8. The molecular weight excluding hydrogens is 453 g/mol. The number of ether oxygens (including phenoxy) is 1. The predicted molar refractivity (Wildman–Crippen MR) is 120 cm³/mol. The number of carbonyl (C=O) groups is 1. The number of nitrogens with zero attached hydrogens (tertiary/aromatic N) is 4. The van der Waals surface area contributed by atoms with Crippen LogP contribution in [0, 0.1) is 13.8 Å². The molecule has 0 bridgehead atoms. The van der Waals surface area contributed by atoms with E-state index in [-0.39, 0.29) is 18.2 Å². The maximum absolute atomic E-state index is 12.8. The molecule has 1 amide bonds. The van der Waals surface area contributed by atoms with Crippen molar-refractivity contribution in [1.82, 2.24) is 19.9 Å². The summed E-state index contributed by atoms with van der Waals surface area (Å²) in [6.07, 6.45) is 1.51. The van der Waals surface area contributed by atoms with Gasteiger partial charge in [0.25, 0.3) is 5.91 Å². The largest absolute Gasteiger partial charge is 0.489 e. The van der Waals surface area contributed by atoms with Crippen molar-refractivity contribution in [2.24, 2.45) is 0 Å². The molecule has 0 fully saturated rings. The summed E-state index contributed by atoms with van der Waals surface area (Å²) >= 11 is 12.0. The van der Waals surface area contributed by atoms with Crippen molar-refractivity contribution in [3.63, 3.8) is 0 Å². The molecule has 2 aromatic heterocycles. The second-order valence-corrected chi connectivity index (χ2v) is 7.95. The van der Waals surface area contributed by atoms with Gasteiger partial charge in [-0.25, -0.2) is 9.67 Å². The van der Waals surface area contributed by atoms with Crippen molar-refractivity contribution in [3.05, 3.63) is 87.0 Å². The van der Waals surface area contributed by atoms with Gasteiger partial charge in [0, 0.05) is 0 Å². The highest BCUT2D eigenvalue weighted by Gasteiger charge is 2.21. The molecule has 0 unspecified atom stereocenters. The molecule has 0 radical (unpaired) electrons. The number of benzene rings is 2. The normalized spacial score (nSPS) is 10.9. The van der Waals surface area contributed by atoms with Crippen LogP contribution in [0.15, 0.2) is 53.3 Å². The van der Waals surface area contributed by atoms with Gasteiger partial charge in [-0.3, -0.25) is 10.1 Å². The lowest BCUT2D eigenvalue weighted by Crippen LogP contribution is -2.16. The Bertz CT molecular complexity index is 1270. The Labute approximate surface area is 194 Å². The summed E-state index contributed by atoms with van der Waals surface area (Å²) in [5.41, 5.74) is 2.64. The molecule has 0 aliphatic heterocycles. The molecule has 4 aromatic rings. The number of carbonyl (C=O) groups excluding carboxylic acids is 1. The molecule has 0 aliphatic rings. The first-order valence-corrected chi connectivity index (χ1v) is 10.4. The van der Waals surface area contributed by atoms with E-state index in [0.717, 1.165) is 11.1 Å². The van der Waals surface area contributed by atoms with Crippen LogP contribution >= 0.6 is 23.2 Å². The summed E-state index contributed by atoms with van der Waals surface area (Å²) in [7, 11) is 0. The number of rotatable bonds is 7. The van der Waals surface area contributed by atoms with Crippen LogP contribution in [0.4, 0.5) is 5.95 Å². The Morgan fingerprint density at radius 1 is 1.16 bits per heavy atom. The topological polar surface area (TPSA) is 95.1 Å². The zero-order chi connectivity index (χ0) is 22.7. The highest BCUT2D eigenvalue weighted by Crippen LogP contribution is 2.23. The van der Waals surface area contributed by atoms with Gasteiger partial charge in [0.15, 0.2) is 5.69 Å². The number of halogens is 2. The Balaban J connectivity index is 1.42. The third-order valence-corrected chi connectivity index (χ3v) is 5.40. The maximum Gasteiger partial charge on any atom is 0.280 e. The molecule has 8 nitrogen and oxygen atoms in total. The van der Waals surface area contributed by atoms with E-state index < -0.39 is 5.91 Å². The van der Waals surface area contributed by atoms with Crippen molar-refractivity contribution >= 4 is 35.1 Å². The Morgan fingerprint density at radius 3 is 2.78 bits per heavy atom. The van der Waals surface area contributed by atoms with E-state index in [1.165, 1.54) is 6.33 Å². The monoisotopic (exact) mass is 471 g/mol. The van der Waals surface area contributed by atoms with Crippen LogP contribution in [0.2, 0.25) is 10.0 Å². The van der Waals surface area contributed by atoms with Crippen molar-refractivity contribution in [2.75, 3.05) is 5.32 Å². The van der Waals surface area contributed by atoms with Crippen molar-refractivity contribution in [2.45, 2.75) is 27.0 Å². The van der Waals surface area contributed by atoms with Crippen LogP contribution in [0.1, 0.15) is 32.9 Å². The molecule has 4 rings (SSSR count). The van der Waals surface area contributed by atoms with Gasteiger partial charge in [-0.05, 0) is 49.2 Å². The van der Waals surface area contributed by atoms with Crippen LogP contribution in [0.3, 0.4) is 0 Å². The summed E-state index contributed by atoms with van der Waals surface area (Å²) < 4.78 is 12.6. The van der Waals surface area contributed by atoms with Crippen LogP contribution in [-0.4, -0.2) is 25.8 Å². The SMILES string of the molecule is Cc1cccc(OCc2c(C(=O)Nc3ncn(Cc4ccc(Cl)c(Cl)c4)n3)noc2C)c1. The molecule has 164 valence electrons. The van der Waals surface area contributed by atoms with Gasteiger partial charge in [0.1, 0.15) is 24.4 Å². The molecule has 1 N–H and O–H groups in total. The smallest absolute Gasteiger partial charge is 0.280 e. The molecule has 0 atom stereocenters. The fraction of sp³-hybridized carbons (Fsp3) is 0.182. The molecule has 2 heterocycles. The minimum Gasteiger partial charge on any atom is -0.489 e. The standard InChI is InChI=1S/C22H19Cl2N5O3/c1-13-4-3-5-16(8-13)31-11-17-14(2)32-28-20(17)21(30)26-22-25-12-29(27-22)10-15-6-7-18(23)19(24)9-15/h3-9,12H,10-11H2,1-2H3,(H,26,27,30). The Kier molecular flexibility index (Phi) is 6.43. The average Bonchev–Trinajstić information content (AvgIpc) is 3.35. The Hall–Kier alpha value is -3.36. The average molecular weight is 472 g/mol. The molecule has 0 saturated heterocycles. The predicted octanol–water partition coefficient (Wildman–Crippen LogP) is 5.07. The first-order valence-electron chi connectivity index (χ1n) is 9.68. The third-order valence-electron chi connectivity index (χ3n) is 4.66. The minimum atomic E-state index is -0.489. The molecule has 0 aliphatic carbocycles. The lowest BCUT2D eigenvalue weighted by Gasteiger charge is -2.07. The van der Waals surface area contributed by atoms with E-state index >= 15 is 0 Å². The van der Waals surface area contributed by atoms with Crippen LogP contribution in [0.25, 0.3) is 0 Å². The quantitative estimate of drug-likeness (QED) is 0.404. The molecule has 0 spiro atoms. The molecule has 2 aromatic carbocycles. The lowest BCUT2D eigenvalue weighted by atomic mass is 10.2. The number of aromatic nitrogens is 4. The molecule has 32 heavy (non-hydrogen) atoms. The zero-order valence-corrected chi connectivity index (χ0v) is 18.8. The first-order chi connectivity index (χ1) is 15.4. The van der Waals surface area contributed by atoms with E-state index in [4.69, 9.17) is 32.5 Å². The van der Waals surface area contributed by atoms with Crippen molar-refractivity contribution in [3.8, 4) is 5.75 Å². The summed E-state index contributed by atoms with van der Waals surface area (Å²) in [5.74, 6) is 0.846. The fourth-order valence-corrected chi connectivity index (χ4v) is 3.33. The third kappa shape index (κ3) is 5.09. The lowest BCUT2D eigenvalue weighted by molar-refractivity contribution is 0.101. The highest BCUT2D eigenvalue weighted by molar-refractivity contribution is 6.42. The zero-order valence-electron chi connectivity index (χ0n) is 17.3. The Morgan fingerprint density at radius 2 is 2.00 bits per heavy atom. The van der Waals surface area contributed by atoms with Gasteiger partial charge in [0.05, 0.1) is 22.2 Å². The van der Waals surface area contributed by atoms with E-state index in [1.807, 2.05) is 37.3 Å². The van der Waals surface area contributed by atoms with Crippen molar-refractivity contribution < 1.29 is 14.1 Å². The van der Waals surface area contributed by atoms with Crippen LogP contribution in [0.5, 0.6) is 5.75 Å². The van der Waals surface area contributed by atoms with Gasteiger partial charge >= 0.3 is 0 Å². The molecular formula is C22H19Cl2N5O3. The van der Waals surface area contributed by atoms with E-state index in [1.54, 1.807) is 23.7 Å². The van der Waals surface area contributed by atoms with Crippen LogP contribution < -0.4 is 10.1 Å². The molecule has 0 saturated carbocycles. The number of hydrogen-bond donors (Lipinski definition) is 1. The number of anilines is 1. The van der Waals surface area contributed by atoms with E-state index in [9.17, 15) is 4.79 Å². The number of nitrogens with one attached hydrogen (secondary N) is 1. The van der Waals surface area contributed by atoms with Gasteiger partial charge in [-0.2, -0.15) is 0 Å². The van der Waals surface area contributed by atoms with Gasteiger partial charge in [-0.15, -0.1) is 5.10 Å². The van der Waals surface area contributed by atoms with Gasteiger partial charge in [0.2, 0.25) is 5.95 Å². The van der Waals surface area contributed by atoms with Crippen molar-refractivity contribution in [1.29, 1.82) is 0 Å². The van der Waals surface area contributed by atoms with Crippen LogP contribution in [-0.2, 0) is 13.2 Å². The number of aryl methyl sites for hydroxylation is 2. The minimum absolute atomic E-state index is 0.121.